The van der Waals surface area contributed by atoms with Crippen LogP contribution in [0, 0.1) is 0 Å². The number of likely N-dealkylation sites (N-methyl/N-ethyl adjacent to an activating group) is 1. The van der Waals surface area contributed by atoms with E-state index in [2.05, 4.69) is 29.0 Å². The third-order valence-electron chi connectivity index (χ3n) is 3.49. The molecule has 0 radical (unpaired) electrons. The number of aryl methyl sites for hydroxylation is 1. The van der Waals surface area contributed by atoms with Crippen LogP contribution in [0.2, 0.25) is 0 Å². The second kappa shape index (κ2) is 6.13. The van der Waals surface area contributed by atoms with Gasteiger partial charge in [-0.25, -0.2) is 9.67 Å². The first-order valence-corrected chi connectivity index (χ1v) is 7.20. The van der Waals surface area contributed by atoms with Gasteiger partial charge < -0.3 is 9.47 Å². The summed E-state index contributed by atoms with van der Waals surface area (Å²) < 4.78 is 13.6. The number of aromatic nitrogens is 3. The maximum absolute atomic E-state index is 5.97. The molecule has 0 amide bonds. The molecule has 1 aromatic heterocycles. The summed E-state index contributed by atoms with van der Waals surface area (Å²) in [6.45, 7) is 4.99. The summed E-state index contributed by atoms with van der Waals surface area (Å²) >= 11 is 0. The topological polar surface area (TPSA) is 52.4 Å². The Kier molecular flexibility index (Phi) is 4.06. The van der Waals surface area contributed by atoms with Crippen LogP contribution in [0.5, 0.6) is 11.5 Å². The zero-order chi connectivity index (χ0) is 14.7. The first-order chi connectivity index (χ1) is 10.3. The molecule has 1 atom stereocenters. The van der Waals surface area contributed by atoms with E-state index in [1.54, 1.807) is 6.33 Å². The van der Waals surface area contributed by atoms with Crippen molar-refractivity contribution in [1.29, 1.82) is 0 Å². The summed E-state index contributed by atoms with van der Waals surface area (Å²) in [5.41, 5.74) is 0. The monoisotopic (exact) mass is 288 g/mol. The minimum atomic E-state index is 0.0305. The number of hydrogen-bond acceptors (Lipinski definition) is 5. The molecule has 0 fully saturated rings. The molecule has 2 aromatic rings. The van der Waals surface area contributed by atoms with Gasteiger partial charge in [-0.15, -0.1) is 0 Å². The van der Waals surface area contributed by atoms with Crippen molar-refractivity contribution < 1.29 is 9.47 Å². The zero-order valence-electron chi connectivity index (χ0n) is 12.4. The summed E-state index contributed by atoms with van der Waals surface area (Å²) in [7, 11) is 2.05. The standard InChI is InChI=1S/C15H20N4O2/c1-3-19-15(16-11-17-19)9-18(2)8-12-10-20-13-6-4-5-7-14(13)21-12/h4-7,11-12H,3,8-10H2,1-2H3. The predicted molar refractivity (Wildman–Crippen MR) is 78.4 cm³/mol. The van der Waals surface area contributed by atoms with Crippen molar-refractivity contribution in [3.63, 3.8) is 0 Å². The fraction of sp³-hybridized carbons (Fsp3) is 0.467. The molecule has 21 heavy (non-hydrogen) atoms. The van der Waals surface area contributed by atoms with Crippen LogP contribution in [0.3, 0.4) is 0 Å². The summed E-state index contributed by atoms with van der Waals surface area (Å²) in [5.74, 6) is 2.61. The van der Waals surface area contributed by atoms with Gasteiger partial charge in [0.1, 0.15) is 24.9 Å². The van der Waals surface area contributed by atoms with Crippen molar-refractivity contribution in [3.8, 4) is 11.5 Å². The van der Waals surface area contributed by atoms with Crippen molar-refractivity contribution >= 4 is 0 Å². The largest absolute Gasteiger partial charge is 0.486 e. The molecule has 0 spiro atoms. The maximum atomic E-state index is 5.97. The first-order valence-electron chi connectivity index (χ1n) is 7.20. The molecule has 0 saturated carbocycles. The number of ether oxygens (including phenoxy) is 2. The minimum Gasteiger partial charge on any atom is -0.486 e. The molecule has 6 heteroatoms. The Labute approximate surface area is 124 Å². The molecule has 0 N–H and O–H groups in total. The molecular formula is C15H20N4O2. The van der Waals surface area contributed by atoms with Crippen molar-refractivity contribution in [3.05, 3.63) is 36.4 Å². The molecule has 112 valence electrons. The molecule has 6 nitrogen and oxygen atoms in total. The van der Waals surface area contributed by atoms with Crippen molar-refractivity contribution in [2.75, 3.05) is 20.2 Å². The number of hydrogen-bond donors (Lipinski definition) is 0. The van der Waals surface area contributed by atoms with Crippen LogP contribution in [0.15, 0.2) is 30.6 Å². The zero-order valence-corrected chi connectivity index (χ0v) is 12.4. The number of nitrogens with zero attached hydrogens (tertiary/aromatic N) is 4. The second-order valence-corrected chi connectivity index (χ2v) is 5.19. The molecule has 3 rings (SSSR count). The molecule has 2 heterocycles. The van der Waals surface area contributed by atoms with Crippen molar-refractivity contribution in [2.45, 2.75) is 26.1 Å². The Morgan fingerprint density at radius 1 is 1.33 bits per heavy atom. The first kappa shape index (κ1) is 13.9. The number of para-hydroxylation sites is 2. The minimum absolute atomic E-state index is 0.0305. The van der Waals surface area contributed by atoms with Gasteiger partial charge in [0.05, 0.1) is 6.54 Å². The lowest BCUT2D eigenvalue weighted by atomic mass is 10.2. The smallest absolute Gasteiger partial charge is 0.161 e. The molecule has 0 saturated heterocycles. The second-order valence-electron chi connectivity index (χ2n) is 5.19. The number of benzene rings is 1. The van der Waals surface area contributed by atoms with Gasteiger partial charge in [0.25, 0.3) is 0 Å². The lowest BCUT2D eigenvalue weighted by Gasteiger charge is -2.29. The average molecular weight is 288 g/mol. The van der Waals surface area contributed by atoms with E-state index in [0.29, 0.717) is 6.61 Å². The summed E-state index contributed by atoms with van der Waals surface area (Å²) in [6, 6.07) is 7.78. The molecule has 0 aliphatic carbocycles. The lowest BCUT2D eigenvalue weighted by molar-refractivity contribution is 0.0629. The third kappa shape index (κ3) is 3.16. The summed E-state index contributed by atoms with van der Waals surface area (Å²) in [4.78, 5) is 6.47. The van der Waals surface area contributed by atoms with Crippen LogP contribution >= 0.6 is 0 Å². The average Bonchev–Trinajstić information content (AvgIpc) is 2.94. The van der Waals surface area contributed by atoms with E-state index in [9.17, 15) is 0 Å². The highest BCUT2D eigenvalue weighted by molar-refractivity contribution is 5.40. The van der Waals surface area contributed by atoms with Gasteiger partial charge in [0.2, 0.25) is 0 Å². The molecule has 1 aliphatic heterocycles. The summed E-state index contributed by atoms with van der Waals surface area (Å²) in [6.07, 6.45) is 1.63. The van der Waals surface area contributed by atoms with Gasteiger partial charge in [0.15, 0.2) is 11.5 Å². The highest BCUT2D eigenvalue weighted by Crippen LogP contribution is 2.30. The SMILES string of the molecule is CCn1ncnc1CN(C)CC1COc2ccccc2O1. The van der Waals surface area contributed by atoms with Crippen LogP contribution in [0.4, 0.5) is 0 Å². The lowest BCUT2D eigenvalue weighted by Crippen LogP contribution is -2.39. The Balaban J connectivity index is 1.58. The van der Waals surface area contributed by atoms with E-state index in [-0.39, 0.29) is 6.10 Å². The van der Waals surface area contributed by atoms with Crippen LogP contribution in [0.25, 0.3) is 0 Å². The van der Waals surface area contributed by atoms with Crippen LogP contribution in [0.1, 0.15) is 12.7 Å². The molecule has 1 aliphatic rings. The Morgan fingerprint density at radius 2 is 2.14 bits per heavy atom. The van der Waals surface area contributed by atoms with Gasteiger partial charge in [-0.3, -0.25) is 4.90 Å². The van der Waals surface area contributed by atoms with Gasteiger partial charge in [0, 0.05) is 13.1 Å². The van der Waals surface area contributed by atoms with Gasteiger partial charge in [-0.1, -0.05) is 12.1 Å². The summed E-state index contributed by atoms with van der Waals surface area (Å²) in [5, 5.41) is 4.19. The van der Waals surface area contributed by atoms with Crippen LogP contribution < -0.4 is 9.47 Å². The third-order valence-corrected chi connectivity index (χ3v) is 3.49. The van der Waals surface area contributed by atoms with Gasteiger partial charge >= 0.3 is 0 Å². The van der Waals surface area contributed by atoms with Crippen molar-refractivity contribution in [2.24, 2.45) is 0 Å². The van der Waals surface area contributed by atoms with E-state index in [4.69, 9.17) is 9.47 Å². The maximum Gasteiger partial charge on any atom is 0.161 e. The van der Waals surface area contributed by atoms with Crippen LogP contribution in [-0.2, 0) is 13.1 Å². The fourth-order valence-electron chi connectivity index (χ4n) is 2.48. The Bertz CT molecular complexity index is 599. The van der Waals surface area contributed by atoms with Gasteiger partial charge in [-0.05, 0) is 26.1 Å². The quantitative estimate of drug-likeness (QED) is 0.836. The normalized spacial score (nSPS) is 17.2. The van der Waals surface area contributed by atoms with E-state index < -0.39 is 0 Å². The fourth-order valence-corrected chi connectivity index (χ4v) is 2.48. The van der Waals surface area contributed by atoms with E-state index >= 15 is 0 Å². The van der Waals surface area contributed by atoms with Crippen molar-refractivity contribution in [1.82, 2.24) is 19.7 Å². The highest BCUT2D eigenvalue weighted by atomic mass is 16.6. The van der Waals surface area contributed by atoms with Crippen LogP contribution in [-0.4, -0.2) is 46.0 Å². The molecule has 0 bridgehead atoms. The Morgan fingerprint density at radius 3 is 2.95 bits per heavy atom. The number of fused-ring (bicyclic) bond motifs is 1. The Hall–Kier alpha value is -2.08. The molecular weight excluding hydrogens is 268 g/mol. The highest BCUT2D eigenvalue weighted by Gasteiger charge is 2.22. The van der Waals surface area contributed by atoms with E-state index in [1.807, 2.05) is 28.9 Å². The van der Waals surface area contributed by atoms with E-state index in [0.717, 1.165) is 37.0 Å². The number of rotatable bonds is 5. The molecule has 1 aromatic carbocycles. The van der Waals surface area contributed by atoms with E-state index in [1.165, 1.54) is 0 Å². The predicted octanol–water partition coefficient (Wildman–Crippen LogP) is 1.57. The molecule has 1 unspecified atom stereocenters. The van der Waals surface area contributed by atoms with Gasteiger partial charge in [-0.2, -0.15) is 5.10 Å².